The number of nitrogen functional groups attached to an aromatic ring is 1. The number of halogens is 2. The summed E-state index contributed by atoms with van der Waals surface area (Å²) in [5.74, 6) is -1.11. The van der Waals surface area contributed by atoms with Gasteiger partial charge in [0.2, 0.25) is 11.9 Å². The van der Waals surface area contributed by atoms with Crippen molar-refractivity contribution in [3.63, 3.8) is 0 Å². The maximum Gasteiger partial charge on any atom is 0.230 e. The molecule has 0 unspecified atom stereocenters. The van der Waals surface area contributed by atoms with Crippen LogP contribution in [0.2, 0.25) is 0 Å². The van der Waals surface area contributed by atoms with Crippen molar-refractivity contribution in [3.05, 3.63) is 41.2 Å². The van der Waals surface area contributed by atoms with Gasteiger partial charge in [0.25, 0.3) is 0 Å². The number of hydrogen-bond donors (Lipinski definition) is 1. The Morgan fingerprint density at radius 1 is 1.27 bits per heavy atom. The SMILES string of the molecule is CN(C)c1nc(N)nc(/C(C#N)=C/c2cc(F)ccc2F)n1. The molecule has 0 bridgehead atoms. The van der Waals surface area contributed by atoms with Crippen molar-refractivity contribution in [2.24, 2.45) is 0 Å². The van der Waals surface area contributed by atoms with Crippen molar-refractivity contribution in [1.82, 2.24) is 15.0 Å². The van der Waals surface area contributed by atoms with E-state index in [1.165, 1.54) is 0 Å². The lowest BCUT2D eigenvalue weighted by molar-refractivity contribution is 0.598. The standard InChI is InChI=1S/C14H12F2N6/c1-22(2)14-20-12(19-13(18)21-14)9(7-17)5-8-6-10(15)3-4-11(8)16/h3-6H,1-2H3,(H2,18,19,20,21)/b9-5+. The van der Waals surface area contributed by atoms with Crippen molar-refractivity contribution in [2.45, 2.75) is 0 Å². The summed E-state index contributed by atoms with van der Waals surface area (Å²) in [6, 6.07) is 4.79. The Balaban J connectivity index is 2.55. The van der Waals surface area contributed by atoms with Gasteiger partial charge in [-0.3, -0.25) is 0 Å². The third-order valence-electron chi connectivity index (χ3n) is 2.66. The molecule has 0 aliphatic heterocycles. The fraction of sp³-hybridized carbons (Fsp3) is 0.143. The van der Waals surface area contributed by atoms with E-state index in [0.717, 1.165) is 24.3 Å². The van der Waals surface area contributed by atoms with Gasteiger partial charge in [0.15, 0.2) is 5.82 Å². The molecule has 0 radical (unpaired) electrons. The summed E-state index contributed by atoms with van der Waals surface area (Å²) in [6.07, 6.45) is 1.16. The van der Waals surface area contributed by atoms with Crippen molar-refractivity contribution in [2.75, 3.05) is 24.7 Å². The van der Waals surface area contributed by atoms with Gasteiger partial charge in [-0.05, 0) is 24.3 Å². The summed E-state index contributed by atoms with van der Waals surface area (Å²) < 4.78 is 26.9. The van der Waals surface area contributed by atoms with Gasteiger partial charge in [-0.15, -0.1) is 0 Å². The molecule has 1 heterocycles. The van der Waals surface area contributed by atoms with E-state index in [4.69, 9.17) is 5.73 Å². The zero-order valence-electron chi connectivity index (χ0n) is 11.9. The molecule has 22 heavy (non-hydrogen) atoms. The van der Waals surface area contributed by atoms with Crippen LogP contribution in [0.15, 0.2) is 18.2 Å². The molecular formula is C14H12F2N6. The largest absolute Gasteiger partial charge is 0.368 e. The number of nitriles is 1. The molecule has 1 aromatic heterocycles. The number of rotatable bonds is 3. The zero-order valence-corrected chi connectivity index (χ0v) is 11.9. The maximum absolute atomic E-state index is 13.7. The monoisotopic (exact) mass is 302 g/mol. The van der Waals surface area contributed by atoms with Gasteiger partial charge in [-0.25, -0.2) is 8.78 Å². The third-order valence-corrected chi connectivity index (χ3v) is 2.66. The van der Waals surface area contributed by atoms with Crippen LogP contribution in [-0.4, -0.2) is 29.0 Å². The molecule has 6 nitrogen and oxygen atoms in total. The molecule has 2 rings (SSSR count). The van der Waals surface area contributed by atoms with Crippen LogP contribution in [0.25, 0.3) is 11.6 Å². The summed E-state index contributed by atoms with van der Waals surface area (Å²) in [7, 11) is 3.39. The Morgan fingerprint density at radius 3 is 2.64 bits per heavy atom. The molecule has 0 atom stereocenters. The van der Waals surface area contributed by atoms with E-state index in [1.54, 1.807) is 19.0 Å². The summed E-state index contributed by atoms with van der Waals surface area (Å²) in [5.41, 5.74) is 5.44. The maximum atomic E-state index is 13.7. The number of nitrogens with zero attached hydrogens (tertiary/aromatic N) is 5. The topological polar surface area (TPSA) is 91.7 Å². The minimum Gasteiger partial charge on any atom is -0.368 e. The highest BCUT2D eigenvalue weighted by atomic mass is 19.1. The summed E-state index contributed by atoms with van der Waals surface area (Å²) in [5, 5.41) is 9.23. The van der Waals surface area contributed by atoms with Gasteiger partial charge >= 0.3 is 0 Å². The van der Waals surface area contributed by atoms with Crippen LogP contribution < -0.4 is 10.6 Å². The molecule has 0 saturated heterocycles. The van der Waals surface area contributed by atoms with Crippen LogP contribution >= 0.6 is 0 Å². The minimum absolute atomic E-state index is 0.0117. The minimum atomic E-state index is -0.663. The number of anilines is 2. The molecular weight excluding hydrogens is 290 g/mol. The average molecular weight is 302 g/mol. The van der Waals surface area contributed by atoms with Crippen molar-refractivity contribution in [3.8, 4) is 6.07 Å². The number of hydrogen-bond acceptors (Lipinski definition) is 6. The Hall–Kier alpha value is -3.08. The fourth-order valence-electron chi connectivity index (χ4n) is 1.63. The second kappa shape index (κ2) is 6.13. The number of allylic oxidation sites excluding steroid dienone is 1. The zero-order chi connectivity index (χ0) is 16.3. The lowest BCUT2D eigenvalue weighted by Crippen LogP contribution is -2.15. The van der Waals surface area contributed by atoms with Crippen LogP contribution in [0.1, 0.15) is 11.4 Å². The van der Waals surface area contributed by atoms with E-state index >= 15 is 0 Å². The Morgan fingerprint density at radius 2 is 2.00 bits per heavy atom. The predicted octanol–water partition coefficient (Wildman–Crippen LogP) is 1.86. The van der Waals surface area contributed by atoms with Crippen LogP contribution in [0, 0.1) is 23.0 Å². The highest BCUT2D eigenvalue weighted by Crippen LogP contribution is 2.19. The smallest absolute Gasteiger partial charge is 0.230 e. The lowest BCUT2D eigenvalue weighted by Gasteiger charge is -2.11. The van der Waals surface area contributed by atoms with Gasteiger partial charge < -0.3 is 10.6 Å². The van der Waals surface area contributed by atoms with Crippen molar-refractivity contribution < 1.29 is 8.78 Å². The molecule has 0 spiro atoms. The van der Waals surface area contributed by atoms with Gasteiger partial charge in [0.05, 0.1) is 5.57 Å². The van der Waals surface area contributed by atoms with E-state index in [-0.39, 0.29) is 28.9 Å². The van der Waals surface area contributed by atoms with Gasteiger partial charge in [-0.2, -0.15) is 20.2 Å². The van der Waals surface area contributed by atoms with Crippen LogP contribution in [0.4, 0.5) is 20.7 Å². The summed E-state index contributed by atoms with van der Waals surface area (Å²) in [4.78, 5) is 13.4. The number of nitrogens with two attached hydrogens (primary N) is 1. The predicted molar refractivity (Wildman–Crippen MR) is 78.4 cm³/mol. The van der Waals surface area contributed by atoms with Crippen LogP contribution in [-0.2, 0) is 0 Å². The van der Waals surface area contributed by atoms with Crippen LogP contribution in [0.3, 0.4) is 0 Å². The quantitative estimate of drug-likeness (QED) is 0.870. The Kier molecular flexibility index (Phi) is 4.27. The second-order valence-corrected chi connectivity index (χ2v) is 4.55. The normalized spacial score (nSPS) is 11.1. The first-order valence-electron chi connectivity index (χ1n) is 6.17. The molecule has 0 amide bonds. The molecule has 0 aliphatic rings. The Bertz CT molecular complexity index is 779. The molecule has 2 aromatic rings. The van der Waals surface area contributed by atoms with Crippen molar-refractivity contribution in [1.29, 1.82) is 5.26 Å². The Labute approximate surface area is 125 Å². The summed E-state index contributed by atoms with van der Waals surface area (Å²) >= 11 is 0. The van der Waals surface area contributed by atoms with Gasteiger partial charge in [-0.1, -0.05) is 0 Å². The molecule has 112 valence electrons. The molecule has 0 aliphatic carbocycles. The first-order chi connectivity index (χ1) is 10.4. The highest BCUT2D eigenvalue weighted by Gasteiger charge is 2.12. The average Bonchev–Trinajstić information content (AvgIpc) is 2.47. The van der Waals surface area contributed by atoms with Crippen LogP contribution in [0.5, 0.6) is 0 Å². The number of aromatic nitrogens is 3. The molecule has 2 N–H and O–H groups in total. The number of benzene rings is 1. The van der Waals surface area contributed by atoms with Crippen molar-refractivity contribution >= 4 is 23.5 Å². The highest BCUT2D eigenvalue weighted by molar-refractivity contribution is 5.87. The first-order valence-corrected chi connectivity index (χ1v) is 6.17. The fourth-order valence-corrected chi connectivity index (χ4v) is 1.63. The molecule has 8 heteroatoms. The third kappa shape index (κ3) is 3.32. The molecule has 0 fully saturated rings. The van der Waals surface area contributed by atoms with Gasteiger partial charge in [0.1, 0.15) is 17.7 Å². The van der Waals surface area contributed by atoms with E-state index < -0.39 is 11.6 Å². The van der Waals surface area contributed by atoms with E-state index in [9.17, 15) is 14.0 Å². The van der Waals surface area contributed by atoms with E-state index in [0.29, 0.717) is 0 Å². The van der Waals surface area contributed by atoms with Gasteiger partial charge in [0, 0.05) is 19.7 Å². The summed E-state index contributed by atoms with van der Waals surface area (Å²) in [6.45, 7) is 0. The second-order valence-electron chi connectivity index (χ2n) is 4.55. The molecule has 1 aromatic carbocycles. The first kappa shape index (κ1) is 15.3. The van der Waals surface area contributed by atoms with E-state index in [1.807, 2.05) is 6.07 Å². The molecule has 0 saturated carbocycles. The lowest BCUT2D eigenvalue weighted by atomic mass is 10.1. The van der Waals surface area contributed by atoms with E-state index in [2.05, 4.69) is 15.0 Å².